The molecule has 7 nitrogen and oxygen atoms in total. The van der Waals surface area contributed by atoms with Gasteiger partial charge in [-0.1, -0.05) is 12.2 Å². The Morgan fingerprint density at radius 1 is 1.50 bits per heavy atom. The van der Waals surface area contributed by atoms with Gasteiger partial charge in [-0.2, -0.15) is 0 Å². The van der Waals surface area contributed by atoms with Crippen LogP contribution in [0.15, 0.2) is 23.1 Å². The number of aliphatic hydroxyl groups is 1. The van der Waals surface area contributed by atoms with Crippen molar-refractivity contribution in [1.82, 2.24) is 15.0 Å². The molecule has 3 heterocycles. The summed E-state index contributed by atoms with van der Waals surface area (Å²) >= 11 is 0. The lowest BCUT2D eigenvalue weighted by Crippen LogP contribution is -2.13. The summed E-state index contributed by atoms with van der Waals surface area (Å²) in [6, 6.07) is 0. The quantitative estimate of drug-likeness (QED) is 0.550. The first-order valence-corrected chi connectivity index (χ1v) is 5.50. The van der Waals surface area contributed by atoms with E-state index in [1.807, 2.05) is 6.08 Å². The smallest absolute Gasteiger partial charge is 0.276 e. The van der Waals surface area contributed by atoms with Crippen molar-refractivity contribution in [3.63, 3.8) is 0 Å². The van der Waals surface area contributed by atoms with Gasteiger partial charge in [0.05, 0.1) is 12.7 Å². The van der Waals surface area contributed by atoms with Gasteiger partial charge in [0, 0.05) is 11.8 Å². The van der Waals surface area contributed by atoms with Crippen LogP contribution in [0.1, 0.15) is 11.7 Å². The van der Waals surface area contributed by atoms with Crippen molar-refractivity contribution in [2.24, 2.45) is 0 Å². The third-order valence-corrected chi connectivity index (χ3v) is 2.89. The largest absolute Gasteiger partial charge is 0.393 e. The van der Waals surface area contributed by atoms with Crippen LogP contribution in [0, 0.1) is 0 Å². The molecule has 2 aromatic heterocycles. The molecular formula is C11H12N4O3. The highest BCUT2D eigenvalue weighted by Gasteiger charge is 2.24. The van der Waals surface area contributed by atoms with Crippen LogP contribution in [0.5, 0.6) is 0 Å². The molecule has 0 spiro atoms. The minimum absolute atomic E-state index is 0.0639. The van der Waals surface area contributed by atoms with Crippen LogP contribution in [-0.4, -0.2) is 32.8 Å². The summed E-state index contributed by atoms with van der Waals surface area (Å²) in [5.74, 6) is 0.0639. The standard InChI is InChI=1S/C11H12N4O3/c12-11-14-8-6(3-13-9(8)10(17)15-11)7-2-1-5(4-16)18-7/h1-3,5,7,13,16H,4H2,(H3,12,14,15,17)/t5-,7+/m0/s1. The first-order valence-electron chi connectivity index (χ1n) is 5.50. The summed E-state index contributed by atoms with van der Waals surface area (Å²) < 4.78 is 5.57. The Bertz CT molecular complexity index is 672. The van der Waals surface area contributed by atoms with E-state index in [4.69, 9.17) is 15.6 Å². The maximum absolute atomic E-state index is 11.6. The lowest BCUT2D eigenvalue weighted by Gasteiger charge is -2.11. The van der Waals surface area contributed by atoms with Gasteiger partial charge in [-0.25, -0.2) is 4.98 Å². The maximum atomic E-state index is 11.6. The topological polar surface area (TPSA) is 117 Å². The number of hydrogen-bond donors (Lipinski definition) is 4. The zero-order chi connectivity index (χ0) is 12.7. The highest BCUT2D eigenvalue weighted by atomic mass is 16.5. The van der Waals surface area contributed by atoms with Crippen molar-refractivity contribution in [3.05, 3.63) is 34.3 Å². The van der Waals surface area contributed by atoms with E-state index in [1.165, 1.54) is 0 Å². The SMILES string of the molecule is Nc1nc2c([C@H]3C=C[C@@H](CO)O3)c[nH]c2c(=O)[nH]1. The molecule has 2 aromatic rings. The second-order valence-corrected chi connectivity index (χ2v) is 4.08. The summed E-state index contributed by atoms with van der Waals surface area (Å²) in [4.78, 5) is 21.0. The van der Waals surface area contributed by atoms with E-state index >= 15 is 0 Å². The number of H-pyrrole nitrogens is 2. The van der Waals surface area contributed by atoms with Crippen LogP contribution in [0.3, 0.4) is 0 Å². The fraction of sp³-hybridized carbons (Fsp3) is 0.273. The number of nitrogens with one attached hydrogen (secondary N) is 2. The average molecular weight is 248 g/mol. The van der Waals surface area contributed by atoms with Crippen molar-refractivity contribution in [1.29, 1.82) is 0 Å². The Morgan fingerprint density at radius 3 is 3.06 bits per heavy atom. The van der Waals surface area contributed by atoms with E-state index in [0.29, 0.717) is 11.0 Å². The van der Waals surface area contributed by atoms with Gasteiger partial charge in [-0.15, -0.1) is 0 Å². The molecular weight excluding hydrogens is 236 g/mol. The molecule has 1 aliphatic rings. The third kappa shape index (κ3) is 1.60. The number of rotatable bonds is 2. The molecule has 0 amide bonds. The summed E-state index contributed by atoms with van der Waals surface area (Å²) in [6.45, 7) is -0.0779. The van der Waals surface area contributed by atoms with E-state index < -0.39 is 0 Å². The molecule has 5 N–H and O–H groups in total. The fourth-order valence-corrected chi connectivity index (χ4v) is 2.05. The number of aromatic amines is 2. The van der Waals surface area contributed by atoms with Crippen LogP contribution in [0.25, 0.3) is 11.0 Å². The van der Waals surface area contributed by atoms with E-state index in [-0.39, 0.29) is 30.3 Å². The minimum Gasteiger partial charge on any atom is -0.393 e. The van der Waals surface area contributed by atoms with Crippen molar-refractivity contribution in [2.75, 3.05) is 12.3 Å². The number of nitrogen functional groups attached to an aromatic ring is 1. The molecule has 1 aliphatic heterocycles. The molecule has 0 unspecified atom stereocenters. The van der Waals surface area contributed by atoms with Crippen LogP contribution in [0.2, 0.25) is 0 Å². The molecule has 0 saturated heterocycles. The number of fused-ring (bicyclic) bond motifs is 1. The Hall–Kier alpha value is -2.12. The van der Waals surface area contributed by atoms with E-state index in [1.54, 1.807) is 12.3 Å². The molecule has 2 atom stereocenters. The number of aliphatic hydroxyl groups excluding tert-OH is 1. The summed E-state index contributed by atoms with van der Waals surface area (Å²) in [6.07, 6.45) is 4.62. The number of hydrogen-bond acceptors (Lipinski definition) is 5. The van der Waals surface area contributed by atoms with Crippen LogP contribution >= 0.6 is 0 Å². The molecule has 7 heteroatoms. The molecule has 3 rings (SSSR count). The van der Waals surface area contributed by atoms with E-state index in [2.05, 4.69) is 15.0 Å². The number of anilines is 1. The molecule has 0 radical (unpaired) electrons. The zero-order valence-electron chi connectivity index (χ0n) is 9.38. The number of nitrogens with two attached hydrogens (primary N) is 1. The Morgan fingerprint density at radius 2 is 2.33 bits per heavy atom. The minimum atomic E-state index is -0.329. The van der Waals surface area contributed by atoms with E-state index in [0.717, 1.165) is 5.56 Å². The van der Waals surface area contributed by atoms with Gasteiger partial charge in [0.1, 0.15) is 17.1 Å². The first-order chi connectivity index (χ1) is 8.69. The van der Waals surface area contributed by atoms with Crippen molar-refractivity contribution >= 4 is 17.0 Å². The second-order valence-electron chi connectivity index (χ2n) is 4.08. The number of aromatic nitrogens is 3. The van der Waals surface area contributed by atoms with Crippen molar-refractivity contribution in [2.45, 2.75) is 12.2 Å². The molecule has 0 aromatic carbocycles. The van der Waals surface area contributed by atoms with Crippen molar-refractivity contribution < 1.29 is 9.84 Å². The predicted molar refractivity (Wildman–Crippen MR) is 65.0 cm³/mol. The van der Waals surface area contributed by atoms with Crippen LogP contribution in [0.4, 0.5) is 5.95 Å². The highest BCUT2D eigenvalue weighted by molar-refractivity contribution is 5.79. The first kappa shape index (κ1) is 11.0. The van der Waals surface area contributed by atoms with Crippen molar-refractivity contribution in [3.8, 4) is 0 Å². The molecule has 0 bridgehead atoms. The normalized spacial score (nSPS) is 22.9. The van der Waals surface area contributed by atoms with Gasteiger partial charge >= 0.3 is 0 Å². The van der Waals surface area contributed by atoms with E-state index in [9.17, 15) is 4.79 Å². The van der Waals surface area contributed by atoms with Gasteiger partial charge in [0.25, 0.3) is 5.56 Å². The van der Waals surface area contributed by atoms with Gasteiger partial charge in [-0.3, -0.25) is 9.78 Å². The zero-order valence-corrected chi connectivity index (χ0v) is 9.38. The molecule has 0 fully saturated rings. The summed E-state index contributed by atoms with van der Waals surface area (Å²) in [7, 11) is 0. The van der Waals surface area contributed by atoms with Gasteiger partial charge < -0.3 is 20.6 Å². The van der Waals surface area contributed by atoms with Crippen LogP contribution in [-0.2, 0) is 4.74 Å². The summed E-state index contributed by atoms with van der Waals surface area (Å²) in [5, 5.41) is 9.01. The lowest BCUT2D eigenvalue weighted by atomic mass is 10.1. The van der Waals surface area contributed by atoms with Gasteiger partial charge in [-0.05, 0) is 0 Å². The van der Waals surface area contributed by atoms with Crippen LogP contribution < -0.4 is 11.3 Å². The Labute approximate surface area is 101 Å². The highest BCUT2D eigenvalue weighted by Crippen LogP contribution is 2.30. The molecule has 0 aliphatic carbocycles. The second kappa shape index (κ2) is 3.97. The number of nitrogens with zero attached hydrogens (tertiary/aromatic N) is 1. The van der Waals surface area contributed by atoms with Gasteiger partial charge in [0.15, 0.2) is 0 Å². The monoisotopic (exact) mass is 248 g/mol. The lowest BCUT2D eigenvalue weighted by molar-refractivity contribution is 0.0257. The fourth-order valence-electron chi connectivity index (χ4n) is 2.05. The Balaban J connectivity index is 2.09. The summed E-state index contributed by atoms with van der Waals surface area (Å²) in [5.41, 5.74) is 6.80. The molecule has 94 valence electrons. The number of ether oxygens (including phenoxy) is 1. The Kier molecular flexibility index (Phi) is 2.42. The molecule has 18 heavy (non-hydrogen) atoms. The van der Waals surface area contributed by atoms with Gasteiger partial charge in [0.2, 0.25) is 5.95 Å². The molecule has 0 saturated carbocycles. The average Bonchev–Trinajstić information content (AvgIpc) is 2.93. The third-order valence-electron chi connectivity index (χ3n) is 2.89. The predicted octanol–water partition coefficient (Wildman–Crippen LogP) is -0.178. The maximum Gasteiger partial charge on any atom is 0.276 e.